The Labute approximate surface area is 237 Å². The molecule has 0 aromatic heterocycles. The van der Waals surface area contributed by atoms with E-state index in [-0.39, 0.29) is 29.7 Å². The maximum atomic E-state index is 12.8. The van der Waals surface area contributed by atoms with E-state index < -0.39 is 6.04 Å². The Bertz CT molecular complexity index is 1040. The minimum atomic E-state index is -0.408. The van der Waals surface area contributed by atoms with E-state index in [9.17, 15) is 9.59 Å². The molecule has 0 spiro atoms. The van der Waals surface area contributed by atoms with Gasteiger partial charge in [0, 0.05) is 19.6 Å². The molecule has 1 rings (SSSR count). The summed E-state index contributed by atoms with van der Waals surface area (Å²) in [5.41, 5.74) is 5.69. The van der Waals surface area contributed by atoms with Crippen LogP contribution in [0, 0.1) is 24.7 Å². The Kier molecular flexibility index (Phi) is 15.2. The molecule has 1 aromatic rings. The van der Waals surface area contributed by atoms with E-state index in [1.54, 1.807) is 7.11 Å². The molecule has 3 atom stereocenters. The zero-order chi connectivity index (χ0) is 29.7. The van der Waals surface area contributed by atoms with E-state index in [1.165, 1.54) is 0 Å². The molecule has 39 heavy (non-hydrogen) atoms. The van der Waals surface area contributed by atoms with Gasteiger partial charge >= 0.3 is 5.97 Å². The van der Waals surface area contributed by atoms with Gasteiger partial charge in [0.2, 0.25) is 0 Å². The van der Waals surface area contributed by atoms with Crippen molar-refractivity contribution in [3.63, 3.8) is 0 Å². The molecule has 1 aromatic carbocycles. The highest BCUT2D eigenvalue weighted by Crippen LogP contribution is 2.26. The topological polar surface area (TPSA) is 77.0 Å². The molecule has 0 bridgehead atoms. The van der Waals surface area contributed by atoms with E-state index in [4.69, 9.17) is 14.5 Å². The highest BCUT2D eigenvalue weighted by molar-refractivity contribution is 6.07. The maximum Gasteiger partial charge on any atom is 0.323 e. The number of carbonyl (C=O) groups is 2. The van der Waals surface area contributed by atoms with Crippen LogP contribution in [0.4, 0.5) is 5.69 Å². The average Bonchev–Trinajstić information content (AvgIpc) is 2.88. The van der Waals surface area contributed by atoms with Crippen molar-refractivity contribution in [2.24, 2.45) is 22.7 Å². The standard InChI is InChI=1S/C33H52N2O4/c1-12-23(7)31(28(13-2)17-25(9)32(36)22(5)6)35-29-18-27(15-14-24(29)8)19-34-30(16-21(3)4)33(37)39-26(10)20-38-11/h13-15,17-18,21-23,26,30,34H,12,16,19-20H2,1-11H3/b25-17-,28-13+,35-31?. The number of aryl methyl sites for hydroxylation is 1. The molecule has 0 aliphatic rings. The van der Waals surface area contributed by atoms with Crippen LogP contribution in [0.3, 0.4) is 0 Å². The van der Waals surface area contributed by atoms with Gasteiger partial charge in [-0.15, -0.1) is 0 Å². The van der Waals surface area contributed by atoms with Crippen LogP contribution in [0.15, 0.2) is 46.5 Å². The first kappa shape index (κ1) is 34.5. The summed E-state index contributed by atoms with van der Waals surface area (Å²) >= 11 is 0. The number of ketones is 1. The van der Waals surface area contributed by atoms with Crippen LogP contribution in [-0.2, 0) is 25.6 Å². The number of benzene rings is 1. The Morgan fingerprint density at radius 1 is 1.10 bits per heavy atom. The highest BCUT2D eigenvalue weighted by Gasteiger charge is 2.23. The number of esters is 1. The predicted molar refractivity (Wildman–Crippen MR) is 163 cm³/mol. The fourth-order valence-electron chi connectivity index (χ4n) is 4.26. The number of hydrogen-bond donors (Lipinski definition) is 1. The molecule has 0 amide bonds. The summed E-state index contributed by atoms with van der Waals surface area (Å²) in [4.78, 5) is 30.6. The predicted octanol–water partition coefficient (Wildman–Crippen LogP) is 7.31. The van der Waals surface area contributed by atoms with Crippen LogP contribution in [0.2, 0.25) is 0 Å². The van der Waals surface area contributed by atoms with Gasteiger partial charge in [-0.2, -0.15) is 0 Å². The third-order valence-electron chi connectivity index (χ3n) is 6.75. The molecular formula is C33H52N2O4. The molecule has 0 saturated carbocycles. The maximum absolute atomic E-state index is 12.8. The molecule has 6 heteroatoms. The second-order valence-corrected chi connectivity index (χ2v) is 11.3. The van der Waals surface area contributed by atoms with Gasteiger partial charge in [-0.1, -0.05) is 59.8 Å². The molecule has 1 N–H and O–H groups in total. The van der Waals surface area contributed by atoms with Gasteiger partial charge in [-0.3, -0.25) is 14.6 Å². The Morgan fingerprint density at radius 2 is 1.77 bits per heavy atom. The van der Waals surface area contributed by atoms with Crippen LogP contribution < -0.4 is 5.32 Å². The number of nitrogens with one attached hydrogen (secondary N) is 1. The molecule has 0 aliphatic heterocycles. The minimum absolute atomic E-state index is 0.0465. The van der Waals surface area contributed by atoms with Gasteiger partial charge in [0.05, 0.1) is 18.0 Å². The molecule has 218 valence electrons. The van der Waals surface area contributed by atoms with Gasteiger partial charge in [-0.05, 0) is 86.8 Å². The minimum Gasteiger partial charge on any atom is -0.459 e. The lowest BCUT2D eigenvalue weighted by atomic mass is 9.92. The fraction of sp³-hybridized carbons (Fsp3) is 0.606. The summed E-state index contributed by atoms with van der Waals surface area (Å²) < 4.78 is 10.7. The van der Waals surface area contributed by atoms with Crippen molar-refractivity contribution >= 4 is 23.2 Å². The monoisotopic (exact) mass is 540 g/mol. The number of hydrogen-bond acceptors (Lipinski definition) is 6. The smallest absolute Gasteiger partial charge is 0.323 e. The van der Waals surface area contributed by atoms with Crippen LogP contribution in [0.5, 0.6) is 0 Å². The summed E-state index contributed by atoms with van der Waals surface area (Å²) in [7, 11) is 1.60. The molecule has 0 heterocycles. The van der Waals surface area contributed by atoms with E-state index in [0.717, 1.165) is 40.1 Å². The summed E-state index contributed by atoms with van der Waals surface area (Å²) in [6, 6.07) is 5.81. The molecule has 0 fully saturated rings. The van der Waals surface area contributed by atoms with Crippen LogP contribution in [0.1, 0.15) is 86.3 Å². The normalized spacial score (nSPS) is 15.5. The van der Waals surface area contributed by atoms with E-state index in [0.29, 0.717) is 25.5 Å². The number of methoxy groups -OCH3 is 1. The molecule has 0 saturated heterocycles. The number of aliphatic imine (C=N–C) groups is 1. The molecular weight excluding hydrogens is 488 g/mol. The van der Waals surface area contributed by atoms with E-state index >= 15 is 0 Å². The Balaban J connectivity index is 3.31. The van der Waals surface area contributed by atoms with Crippen LogP contribution in [-0.4, -0.2) is 43.3 Å². The SMILES string of the molecule is C/C=C(\C=C(\C)C(=O)C(C)C)C(=Nc1cc(CNC(CC(C)C)C(=O)OC(C)COC)ccc1C)C(C)CC. The zero-order valence-corrected chi connectivity index (χ0v) is 26.2. The Hall–Kier alpha value is -2.57. The average molecular weight is 541 g/mol. The number of carbonyl (C=O) groups excluding carboxylic acids is 2. The lowest BCUT2D eigenvalue weighted by Crippen LogP contribution is -2.40. The zero-order valence-electron chi connectivity index (χ0n) is 26.2. The van der Waals surface area contributed by atoms with Crippen molar-refractivity contribution in [1.82, 2.24) is 5.32 Å². The molecule has 0 radical (unpaired) electrons. The summed E-state index contributed by atoms with van der Waals surface area (Å²) in [6.45, 7) is 21.0. The van der Waals surface area contributed by atoms with Crippen molar-refractivity contribution in [2.45, 2.75) is 101 Å². The van der Waals surface area contributed by atoms with Crippen LogP contribution >= 0.6 is 0 Å². The first-order chi connectivity index (χ1) is 18.3. The molecule has 0 aliphatic carbocycles. The number of nitrogens with zero attached hydrogens (tertiary/aromatic N) is 1. The van der Waals surface area contributed by atoms with Crippen molar-refractivity contribution in [1.29, 1.82) is 0 Å². The van der Waals surface area contributed by atoms with Gasteiger partial charge in [0.25, 0.3) is 0 Å². The van der Waals surface area contributed by atoms with Crippen molar-refractivity contribution < 1.29 is 19.1 Å². The lowest BCUT2D eigenvalue weighted by molar-refractivity contribution is -0.153. The number of rotatable bonds is 16. The molecule has 6 nitrogen and oxygen atoms in total. The van der Waals surface area contributed by atoms with Gasteiger partial charge in [0.1, 0.15) is 12.1 Å². The third kappa shape index (κ3) is 11.6. The van der Waals surface area contributed by atoms with E-state index in [1.807, 2.05) is 46.8 Å². The van der Waals surface area contributed by atoms with Gasteiger partial charge < -0.3 is 14.8 Å². The van der Waals surface area contributed by atoms with E-state index in [2.05, 4.69) is 58.1 Å². The second kappa shape index (κ2) is 17.2. The number of ether oxygens (including phenoxy) is 2. The third-order valence-corrected chi connectivity index (χ3v) is 6.75. The Morgan fingerprint density at radius 3 is 2.31 bits per heavy atom. The second-order valence-electron chi connectivity index (χ2n) is 11.3. The number of allylic oxidation sites excluding steroid dienone is 4. The summed E-state index contributed by atoms with van der Waals surface area (Å²) in [5, 5.41) is 3.41. The van der Waals surface area contributed by atoms with Crippen molar-refractivity contribution in [3.05, 3.63) is 52.6 Å². The largest absolute Gasteiger partial charge is 0.459 e. The van der Waals surface area contributed by atoms with Gasteiger partial charge in [0.15, 0.2) is 5.78 Å². The van der Waals surface area contributed by atoms with Crippen LogP contribution in [0.25, 0.3) is 0 Å². The first-order valence-electron chi connectivity index (χ1n) is 14.3. The summed E-state index contributed by atoms with van der Waals surface area (Å²) in [6.07, 6.45) is 5.32. The summed E-state index contributed by atoms with van der Waals surface area (Å²) in [5.74, 6) is 0.397. The highest BCUT2D eigenvalue weighted by atomic mass is 16.6. The lowest BCUT2D eigenvalue weighted by Gasteiger charge is -2.22. The molecule has 3 unspecified atom stereocenters. The quantitative estimate of drug-likeness (QED) is 0.103. The first-order valence-corrected chi connectivity index (χ1v) is 14.3. The van der Waals surface area contributed by atoms with Crippen molar-refractivity contribution in [2.75, 3.05) is 13.7 Å². The van der Waals surface area contributed by atoms with Crippen molar-refractivity contribution in [3.8, 4) is 0 Å². The fourth-order valence-corrected chi connectivity index (χ4v) is 4.26. The number of Topliss-reactive ketones (excluding diaryl/α,β-unsaturated/α-hetero) is 1. The van der Waals surface area contributed by atoms with Gasteiger partial charge in [-0.25, -0.2) is 0 Å².